The predicted octanol–water partition coefficient (Wildman–Crippen LogP) is 3.06. The first-order chi connectivity index (χ1) is 9.68. The van der Waals surface area contributed by atoms with Crippen molar-refractivity contribution in [3.8, 4) is 0 Å². The minimum absolute atomic E-state index is 0.0457. The number of carbonyl (C=O) groups is 1. The molecule has 114 valence electrons. The van der Waals surface area contributed by atoms with Crippen molar-refractivity contribution in [3.63, 3.8) is 0 Å². The van der Waals surface area contributed by atoms with Gasteiger partial charge in [-0.25, -0.2) is 0 Å². The molecule has 1 aromatic carbocycles. The highest BCUT2D eigenvalue weighted by atomic mass is 35.5. The lowest BCUT2D eigenvalue weighted by Crippen LogP contribution is -2.43. The number of nitro benzene ring substituents is 1. The van der Waals surface area contributed by atoms with E-state index in [0.717, 1.165) is 0 Å². The van der Waals surface area contributed by atoms with Gasteiger partial charge in [-0.3, -0.25) is 14.9 Å². The fraction of sp³-hybridized carbons (Fsp3) is 0.500. The van der Waals surface area contributed by atoms with Gasteiger partial charge in [0.05, 0.1) is 21.7 Å². The van der Waals surface area contributed by atoms with Crippen LogP contribution in [0.4, 0.5) is 11.4 Å². The fourth-order valence-electron chi connectivity index (χ4n) is 2.41. The van der Waals surface area contributed by atoms with Crippen LogP contribution < -0.4 is 5.32 Å². The number of hydrogen-bond acceptors (Lipinski definition) is 4. The van der Waals surface area contributed by atoms with E-state index in [1.165, 1.54) is 12.1 Å². The summed E-state index contributed by atoms with van der Waals surface area (Å²) < 4.78 is 0. The standard InChI is InChI=1S/C14H18ClN3O3/c1-14(2,3)17-8-9(6-13(17)19)16-12-5-4-10(18(20)21)7-11(12)15/h4-5,7,9,16H,6,8H2,1-3H3. The number of nitro groups is 1. The van der Waals surface area contributed by atoms with Crippen molar-refractivity contribution in [1.29, 1.82) is 0 Å². The van der Waals surface area contributed by atoms with E-state index in [1.807, 2.05) is 25.7 Å². The summed E-state index contributed by atoms with van der Waals surface area (Å²) in [5.41, 5.74) is 0.340. The fourth-order valence-corrected chi connectivity index (χ4v) is 2.64. The Kier molecular flexibility index (Phi) is 4.09. The second kappa shape index (κ2) is 5.52. The Balaban J connectivity index is 2.10. The van der Waals surface area contributed by atoms with Crippen molar-refractivity contribution >= 4 is 28.9 Å². The third-order valence-electron chi connectivity index (χ3n) is 3.46. The van der Waals surface area contributed by atoms with E-state index in [-0.39, 0.29) is 28.2 Å². The molecular formula is C14H18ClN3O3. The second-order valence-electron chi connectivity index (χ2n) is 6.14. The van der Waals surface area contributed by atoms with Crippen molar-refractivity contribution in [1.82, 2.24) is 4.90 Å². The Bertz CT molecular complexity index is 583. The molecule has 0 spiro atoms. The quantitative estimate of drug-likeness (QED) is 0.687. The summed E-state index contributed by atoms with van der Waals surface area (Å²) >= 11 is 6.05. The molecule has 1 N–H and O–H groups in total. The second-order valence-corrected chi connectivity index (χ2v) is 6.55. The van der Waals surface area contributed by atoms with E-state index in [1.54, 1.807) is 6.07 Å². The molecule has 1 saturated heterocycles. The molecule has 0 aromatic heterocycles. The van der Waals surface area contributed by atoms with Gasteiger partial charge in [0.2, 0.25) is 5.91 Å². The molecule has 1 amide bonds. The number of hydrogen-bond donors (Lipinski definition) is 1. The van der Waals surface area contributed by atoms with Crippen molar-refractivity contribution in [3.05, 3.63) is 33.3 Å². The van der Waals surface area contributed by atoms with E-state index in [9.17, 15) is 14.9 Å². The summed E-state index contributed by atoms with van der Waals surface area (Å²) in [6, 6.07) is 4.23. The van der Waals surface area contributed by atoms with Crippen LogP contribution in [-0.4, -0.2) is 33.9 Å². The van der Waals surface area contributed by atoms with Crippen molar-refractivity contribution in [2.24, 2.45) is 0 Å². The largest absolute Gasteiger partial charge is 0.379 e. The highest BCUT2D eigenvalue weighted by Gasteiger charge is 2.36. The van der Waals surface area contributed by atoms with E-state index >= 15 is 0 Å². The molecule has 0 bridgehead atoms. The Hall–Kier alpha value is -1.82. The van der Waals surface area contributed by atoms with E-state index < -0.39 is 4.92 Å². The first-order valence-corrected chi connectivity index (χ1v) is 7.07. The highest BCUT2D eigenvalue weighted by Crippen LogP contribution is 2.30. The molecular weight excluding hydrogens is 294 g/mol. The van der Waals surface area contributed by atoms with Crippen LogP contribution in [0.25, 0.3) is 0 Å². The van der Waals surface area contributed by atoms with Gasteiger partial charge < -0.3 is 10.2 Å². The average Bonchev–Trinajstić information content (AvgIpc) is 2.72. The van der Waals surface area contributed by atoms with Gasteiger partial charge in [0, 0.05) is 30.6 Å². The van der Waals surface area contributed by atoms with Crippen molar-refractivity contribution in [2.75, 3.05) is 11.9 Å². The predicted molar refractivity (Wildman–Crippen MR) is 81.6 cm³/mol. The maximum Gasteiger partial charge on any atom is 0.271 e. The van der Waals surface area contributed by atoms with E-state index in [2.05, 4.69) is 5.32 Å². The zero-order valence-electron chi connectivity index (χ0n) is 12.2. The number of halogens is 1. The Morgan fingerprint density at radius 1 is 1.43 bits per heavy atom. The van der Waals surface area contributed by atoms with Crippen LogP contribution in [0.15, 0.2) is 18.2 Å². The van der Waals surface area contributed by atoms with Gasteiger partial charge in [-0.15, -0.1) is 0 Å². The number of nitrogens with one attached hydrogen (secondary N) is 1. The summed E-state index contributed by atoms with van der Waals surface area (Å²) in [6.07, 6.45) is 0.393. The number of rotatable bonds is 3. The molecule has 1 unspecified atom stereocenters. The number of nitrogens with zero attached hydrogens (tertiary/aromatic N) is 2. The van der Waals surface area contributed by atoms with Crippen LogP contribution in [0.2, 0.25) is 5.02 Å². The lowest BCUT2D eigenvalue weighted by Gasteiger charge is -2.32. The molecule has 21 heavy (non-hydrogen) atoms. The zero-order chi connectivity index (χ0) is 15.8. The van der Waals surface area contributed by atoms with E-state index in [0.29, 0.717) is 18.7 Å². The van der Waals surface area contributed by atoms with Crippen LogP contribution >= 0.6 is 11.6 Å². The maximum absolute atomic E-state index is 12.0. The highest BCUT2D eigenvalue weighted by molar-refractivity contribution is 6.33. The Morgan fingerprint density at radius 3 is 2.57 bits per heavy atom. The van der Waals surface area contributed by atoms with Gasteiger partial charge in [0.25, 0.3) is 5.69 Å². The number of carbonyl (C=O) groups excluding carboxylic acids is 1. The number of benzene rings is 1. The van der Waals surface area contributed by atoms with Crippen LogP contribution in [0.3, 0.4) is 0 Å². The molecule has 1 aromatic rings. The molecule has 2 rings (SSSR count). The lowest BCUT2D eigenvalue weighted by atomic mass is 10.1. The Labute approximate surface area is 128 Å². The minimum Gasteiger partial charge on any atom is -0.379 e. The van der Waals surface area contributed by atoms with Gasteiger partial charge in [-0.05, 0) is 26.8 Å². The first-order valence-electron chi connectivity index (χ1n) is 6.69. The molecule has 7 heteroatoms. The van der Waals surface area contributed by atoms with Gasteiger partial charge in [-0.2, -0.15) is 0 Å². The van der Waals surface area contributed by atoms with Gasteiger partial charge >= 0.3 is 0 Å². The molecule has 1 heterocycles. The van der Waals surface area contributed by atoms with Crippen molar-refractivity contribution in [2.45, 2.75) is 38.8 Å². The summed E-state index contributed by atoms with van der Waals surface area (Å²) in [4.78, 5) is 24.0. The first kappa shape index (κ1) is 15.6. The molecule has 0 radical (unpaired) electrons. The zero-order valence-corrected chi connectivity index (χ0v) is 13.0. The molecule has 1 aliphatic heterocycles. The molecule has 0 saturated carbocycles. The summed E-state index contributed by atoms with van der Waals surface area (Å²) in [5, 5.41) is 14.2. The summed E-state index contributed by atoms with van der Waals surface area (Å²) in [6.45, 7) is 6.57. The smallest absolute Gasteiger partial charge is 0.271 e. The number of non-ortho nitro benzene ring substituents is 1. The Morgan fingerprint density at radius 2 is 2.10 bits per heavy atom. The van der Waals surface area contributed by atoms with Crippen molar-refractivity contribution < 1.29 is 9.72 Å². The monoisotopic (exact) mass is 311 g/mol. The molecule has 6 nitrogen and oxygen atoms in total. The maximum atomic E-state index is 12.0. The molecule has 1 aliphatic rings. The molecule has 1 fully saturated rings. The number of likely N-dealkylation sites (tertiary alicyclic amines) is 1. The summed E-state index contributed by atoms with van der Waals surface area (Å²) in [5.74, 6) is 0.0954. The van der Waals surface area contributed by atoms with E-state index in [4.69, 9.17) is 11.6 Å². The minimum atomic E-state index is -0.490. The number of amides is 1. The molecule has 1 atom stereocenters. The third-order valence-corrected chi connectivity index (χ3v) is 3.77. The van der Waals surface area contributed by atoms with Crippen LogP contribution in [0.5, 0.6) is 0 Å². The summed E-state index contributed by atoms with van der Waals surface area (Å²) in [7, 11) is 0. The number of anilines is 1. The van der Waals surface area contributed by atoms with Crippen LogP contribution in [-0.2, 0) is 4.79 Å². The van der Waals surface area contributed by atoms with Gasteiger partial charge in [0.15, 0.2) is 0 Å². The van der Waals surface area contributed by atoms with Crippen LogP contribution in [0.1, 0.15) is 27.2 Å². The lowest BCUT2D eigenvalue weighted by molar-refractivity contribution is -0.384. The third kappa shape index (κ3) is 3.44. The molecule has 0 aliphatic carbocycles. The average molecular weight is 312 g/mol. The van der Waals surface area contributed by atoms with Crippen LogP contribution in [0, 0.1) is 10.1 Å². The topological polar surface area (TPSA) is 75.5 Å². The van der Waals surface area contributed by atoms with Gasteiger partial charge in [0.1, 0.15) is 0 Å². The normalized spacial score (nSPS) is 19.0. The van der Waals surface area contributed by atoms with Gasteiger partial charge in [-0.1, -0.05) is 11.6 Å². The SMILES string of the molecule is CC(C)(C)N1CC(Nc2ccc([N+](=O)[O-])cc2Cl)CC1=O.